The van der Waals surface area contributed by atoms with Crippen LogP contribution in [0.15, 0.2) is 46.9 Å². The Morgan fingerprint density at radius 2 is 1.86 bits per heavy atom. The first-order valence-corrected chi connectivity index (χ1v) is 12.2. The molecule has 36 heavy (non-hydrogen) atoms. The fourth-order valence-corrected chi connectivity index (χ4v) is 5.32. The minimum absolute atomic E-state index is 0.0184. The van der Waals surface area contributed by atoms with Gasteiger partial charge in [0.2, 0.25) is 0 Å². The molecule has 5 rings (SSSR count). The van der Waals surface area contributed by atoms with E-state index < -0.39 is 23.9 Å². The number of aryl methyl sites for hydroxylation is 1. The van der Waals surface area contributed by atoms with Crippen LogP contribution < -0.4 is 4.90 Å². The van der Waals surface area contributed by atoms with Crippen molar-refractivity contribution in [1.29, 1.82) is 0 Å². The second-order valence-corrected chi connectivity index (χ2v) is 10.00. The number of hydrogen-bond acceptors (Lipinski definition) is 6. The molecule has 1 aliphatic rings. The number of thiazole rings is 1. The van der Waals surface area contributed by atoms with Crippen LogP contribution in [0, 0.1) is 12.7 Å². The molecule has 0 unspecified atom stereocenters. The minimum Gasteiger partial charge on any atom is -0.423 e. The maximum absolute atomic E-state index is 14.1. The fraction of sp³-hybridized carbons (Fsp3) is 0.292. The van der Waals surface area contributed by atoms with Crippen molar-refractivity contribution in [1.82, 2.24) is 14.9 Å². The summed E-state index contributed by atoms with van der Waals surface area (Å²) >= 11 is 7.17. The van der Waals surface area contributed by atoms with Gasteiger partial charge in [-0.15, -0.1) is 11.3 Å². The van der Waals surface area contributed by atoms with Crippen LogP contribution in [0.2, 0.25) is 5.02 Å². The second kappa shape index (κ2) is 9.36. The predicted molar refractivity (Wildman–Crippen MR) is 129 cm³/mol. The number of aromatic nitrogens is 2. The smallest absolute Gasteiger partial charge is 0.408 e. The first-order valence-electron chi connectivity index (χ1n) is 11.0. The number of carbonyl (C=O) groups excluding carboxylic acids is 1. The Hall–Kier alpha value is -3.18. The predicted octanol–water partition coefficient (Wildman–Crippen LogP) is 6.34. The highest BCUT2D eigenvalue weighted by Crippen LogP contribution is 2.35. The lowest BCUT2D eigenvalue weighted by molar-refractivity contribution is -0.176. The number of rotatable bonds is 3. The molecule has 1 aliphatic heterocycles. The molecule has 6 nitrogen and oxygen atoms in total. The Bertz CT molecular complexity index is 1420. The van der Waals surface area contributed by atoms with Gasteiger partial charge in [0.1, 0.15) is 23.1 Å². The van der Waals surface area contributed by atoms with E-state index in [0.717, 1.165) is 4.90 Å². The third kappa shape index (κ3) is 4.77. The summed E-state index contributed by atoms with van der Waals surface area (Å²) in [6.45, 7) is 1.50. The number of fused-ring (bicyclic) bond motifs is 1. The van der Waals surface area contributed by atoms with Gasteiger partial charge < -0.3 is 14.2 Å². The van der Waals surface area contributed by atoms with Crippen LogP contribution in [0.5, 0.6) is 0 Å². The average molecular weight is 539 g/mol. The molecular formula is C24H19ClF4N4O2S. The zero-order valence-corrected chi connectivity index (χ0v) is 20.4. The summed E-state index contributed by atoms with van der Waals surface area (Å²) < 4.78 is 61.6. The molecule has 12 heteroatoms. The molecule has 2 aromatic carbocycles. The van der Waals surface area contributed by atoms with E-state index >= 15 is 0 Å². The molecule has 1 fully saturated rings. The third-order valence-corrected chi connectivity index (χ3v) is 7.21. The van der Waals surface area contributed by atoms with Gasteiger partial charge in [0.15, 0.2) is 5.58 Å². The maximum Gasteiger partial charge on any atom is 0.408 e. The van der Waals surface area contributed by atoms with Crippen LogP contribution in [-0.2, 0) is 0 Å². The van der Waals surface area contributed by atoms with Crippen LogP contribution in [0.25, 0.3) is 21.5 Å². The van der Waals surface area contributed by atoms with E-state index in [1.54, 1.807) is 30.0 Å². The van der Waals surface area contributed by atoms with Gasteiger partial charge in [0.25, 0.3) is 11.9 Å². The Kier molecular flexibility index (Phi) is 6.37. The average Bonchev–Trinajstić information content (AvgIpc) is 3.33. The molecule has 1 saturated heterocycles. The maximum atomic E-state index is 14.1. The minimum atomic E-state index is -4.65. The van der Waals surface area contributed by atoms with E-state index in [-0.39, 0.29) is 37.8 Å². The van der Waals surface area contributed by atoms with Crippen LogP contribution in [0.4, 0.5) is 23.6 Å². The SMILES string of the molecule is Cc1nc(C(=O)N2CCN(c3nc4cc(Cl)ccc4o3)CC[C@H]2C(F)(F)F)c(-c2ccc(F)cc2)s1. The lowest BCUT2D eigenvalue weighted by atomic mass is 10.1. The van der Waals surface area contributed by atoms with Crippen molar-refractivity contribution in [3.05, 3.63) is 64.0 Å². The number of alkyl halides is 3. The van der Waals surface area contributed by atoms with E-state index in [1.165, 1.54) is 35.6 Å². The lowest BCUT2D eigenvalue weighted by Gasteiger charge is -2.30. The summed E-state index contributed by atoms with van der Waals surface area (Å²) in [4.78, 5) is 25.0. The topological polar surface area (TPSA) is 62.5 Å². The molecule has 2 aromatic heterocycles. The number of carbonyl (C=O) groups is 1. The van der Waals surface area contributed by atoms with Crippen molar-refractivity contribution in [2.75, 3.05) is 24.5 Å². The van der Waals surface area contributed by atoms with E-state index in [1.807, 2.05) is 0 Å². The number of amides is 1. The quantitative estimate of drug-likeness (QED) is 0.285. The molecule has 0 saturated carbocycles. The zero-order valence-electron chi connectivity index (χ0n) is 18.9. The normalized spacial score (nSPS) is 17.0. The number of oxazole rings is 1. The van der Waals surface area contributed by atoms with Crippen LogP contribution in [0.1, 0.15) is 21.9 Å². The van der Waals surface area contributed by atoms with Gasteiger partial charge in [-0.3, -0.25) is 4.79 Å². The van der Waals surface area contributed by atoms with Gasteiger partial charge in [0, 0.05) is 24.7 Å². The van der Waals surface area contributed by atoms with Crippen LogP contribution >= 0.6 is 22.9 Å². The molecule has 0 bridgehead atoms. The number of anilines is 1. The Balaban J connectivity index is 1.47. The summed E-state index contributed by atoms with van der Waals surface area (Å²) in [5, 5.41) is 0.977. The van der Waals surface area contributed by atoms with Gasteiger partial charge in [-0.2, -0.15) is 18.2 Å². The summed E-state index contributed by atoms with van der Waals surface area (Å²) in [5.74, 6) is -1.29. The number of halogens is 5. The van der Waals surface area contributed by atoms with Gasteiger partial charge in [-0.05, 0) is 49.2 Å². The molecule has 0 aliphatic carbocycles. The van der Waals surface area contributed by atoms with Crippen molar-refractivity contribution in [2.24, 2.45) is 0 Å². The summed E-state index contributed by atoms with van der Waals surface area (Å²) in [5.41, 5.74) is 1.38. The van der Waals surface area contributed by atoms with E-state index in [4.69, 9.17) is 16.0 Å². The van der Waals surface area contributed by atoms with Gasteiger partial charge in [0.05, 0.1) is 9.88 Å². The van der Waals surface area contributed by atoms with Crippen molar-refractivity contribution >= 4 is 46.0 Å². The summed E-state index contributed by atoms with van der Waals surface area (Å²) in [7, 11) is 0. The van der Waals surface area contributed by atoms with Crippen molar-refractivity contribution < 1.29 is 26.8 Å². The third-order valence-electron chi connectivity index (χ3n) is 5.95. The molecule has 3 heterocycles. The van der Waals surface area contributed by atoms with E-state index in [0.29, 0.717) is 31.6 Å². The Morgan fingerprint density at radius 3 is 2.58 bits per heavy atom. The van der Waals surface area contributed by atoms with Crippen molar-refractivity contribution in [3.8, 4) is 10.4 Å². The standard InChI is InChI=1S/C24H19ClF4N4O2S/c1-13-30-20(21(36-13)14-2-5-16(26)6-3-14)22(34)33-11-10-32(9-8-19(33)24(27,28)29)23-31-17-12-15(25)4-7-18(17)35-23/h2-7,12,19H,8-11H2,1H3/t19-/m0/s1. The summed E-state index contributed by atoms with van der Waals surface area (Å²) in [6.07, 6.45) is -5.02. The zero-order chi connectivity index (χ0) is 25.6. The first kappa shape index (κ1) is 24.5. The molecule has 0 radical (unpaired) electrons. The van der Waals surface area contributed by atoms with Crippen LogP contribution in [-0.4, -0.2) is 52.6 Å². The van der Waals surface area contributed by atoms with Crippen molar-refractivity contribution in [2.45, 2.75) is 25.6 Å². The van der Waals surface area contributed by atoms with Crippen molar-refractivity contribution in [3.63, 3.8) is 0 Å². The van der Waals surface area contributed by atoms with E-state index in [2.05, 4.69) is 9.97 Å². The lowest BCUT2D eigenvalue weighted by Crippen LogP contribution is -2.49. The molecule has 188 valence electrons. The highest BCUT2D eigenvalue weighted by molar-refractivity contribution is 7.15. The van der Waals surface area contributed by atoms with Gasteiger partial charge in [-0.1, -0.05) is 23.7 Å². The molecule has 1 atom stereocenters. The summed E-state index contributed by atoms with van der Waals surface area (Å²) in [6, 6.07) is 8.45. The van der Waals surface area contributed by atoms with E-state index in [9.17, 15) is 22.4 Å². The van der Waals surface area contributed by atoms with Gasteiger partial charge >= 0.3 is 6.18 Å². The molecule has 0 N–H and O–H groups in total. The highest BCUT2D eigenvalue weighted by atomic mass is 35.5. The molecule has 1 amide bonds. The molecular weight excluding hydrogens is 520 g/mol. The number of nitrogens with zero attached hydrogens (tertiary/aromatic N) is 4. The first-order chi connectivity index (χ1) is 17.1. The number of hydrogen-bond donors (Lipinski definition) is 0. The molecule has 0 spiro atoms. The monoisotopic (exact) mass is 538 g/mol. The van der Waals surface area contributed by atoms with Crippen LogP contribution in [0.3, 0.4) is 0 Å². The Labute approximate surface area is 212 Å². The van der Waals surface area contributed by atoms with Gasteiger partial charge in [-0.25, -0.2) is 9.37 Å². The second-order valence-electron chi connectivity index (χ2n) is 8.36. The Morgan fingerprint density at radius 1 is 1.11 bits per heavy atom. The number of benzene rings is 2. The molecule has 4 aromatic rings. The fourth-order valence-electron chi connectivity index (χ4n) is 4.23. The largest absolute Gasteiger partial charge is 0.423 e. The highest BCUT2D eigenvalue weighted by Gasteiger charge is 2.47.